The fourth-order valence-corrected chi connectivity index (χ4v) is 4.59. The Balaban J connectivity index is 2.40. The molecule has 0 saturated heterocycles. The first-order valence-electron chi connectivity index (χ1n) is 8.81. The Morgan fingerprint density at radius 3 is 2.19 bits per heavy atom. The first kappa shape index (κ1) is 20.9. The van der Waals surface area contributed by atoms with E-state index in [1.165, 1.54) is 10.4 Å². The minimum Gasteiger partial charge on any atom is -0.497 e. The van der Waals surface area contributed by atoms with Crippen molar-refractivity contribution in [1.82, 2.24) is 4.31 Å². The highest BCUT2D eigenvalue weighted by atomic mass is 32.2. The van der Waals surface area contributed by atoms with Crippen molar-refractivity contribution in [2.45, 2.75) is 32.6 Å². The highest BCUT2D eigenvalue weighted by Crippen LogP contribution is 2.25. The molecule has 0 aromatic heterocycles. The van der Waals surface area contributed by atoms with Crippen LogP contribution in [0.3, 0.4) is 0 Å². The summed E-state index contributed by atoms with van der Waals surface area (Å²) in [5.41, 5.74) is 2.32. The highest BCUT2D eigenvalue weighted by Gasteiger charge is 2.25. The van der Waals surface area contributed by atoms with E-state index in [2.05, 4.69) is 5.32 Å². The van der Waals surface area contributed by atoms with Crippen LogP contribution in [0.1, 0.15) is 35.3 Å². The molecule has 0 aliphatic rings. The molecule has 0 bridgehead atoms. The summed E-state index contributed by atoms with van der Waals surface area (Å²) in [5, 5.41) is 2.79. The molecule has 6 nitrogen and oxygen atoms in total. The Morgan fingerprint density at radius 1 is 1.07 bits per heavy atom. The fraction of sp³-hybridized carbons (Fsp3) is 0.350. The van der Waals surface area contributed by atoms with Crippen molar-refractivity contribution in [3.8, 4) is 5.75 Å². The van der Waals surface area contributed by atoms with Crippen LogP contribution in [0.25, 0.3) is 0 Å². The van der Waals surface area contributed by atoms with Crippen LogP contribution < -0.4 is 10.1 Å². The number of hydrogen-bond acceptors (Lipinski definition) is 4. The van der Waals surface area contributed by atoms with Gasteiger partial charge < -0.3 is 10.1 Å². The maximum Gasteiger partial charge on any atom is 0.255 e. The van der Waals surface area contributed by atoms with Crippen LogP contribution in [-0.2, 0) is 10.0 Å². The van der Waals surface area contributed by atoms with E-state index in [1.807, 2.05) is 0 Å². The maximum atomic E-state index is 13.0. The van der Waals surface area contributed by atoms with Crippen LogP contribution in [0.2, 0.25) is 0 Å². The van der Waals surface area contributed by atoms with Gasteiger partial charge >= 0.3 is 0 Å². The topological polar surface area (TPSA) is 75.7 Å². The van der Waals surface area contributed by atoms with Crippen molar-refractivity contribution >= 4 is 21.6 Å². The molecule has 0 saturated carbocycles. The third kappa shape index (κ3) is 4.48. The highest BCUT2D eigenvalue weighted by molar-refractivity contribution is 7.89. The van der Waals surface area contributed by atoms with Gasteiger partial charge in [-0.1, -0.05) is 13.8 Å². The SMILES string of the molecule is CCN(CC)S(=O)(=O)c1cc(C(=O)Nc2ccc(OC)cc2)cc(C)c1C. The van der Waals surface area contributed by atoms with Crippen LogP contribution in [0.4, 0.5) is 5.69 Å². The summed E-state index contributed by atoms with van der Waals surface area (Å²) in [4.78, 5) is 12.8. The molecule has 1 N–H and O–H groups in total. The lowest BCUT2D eigenvalue weighted by molar-refractivity contribution is 0.102. The number of sulfonamides is 1. The van der Waals surface area contributed by atoms with Gasteiger partial charge in [0.2, 0.25) is 10.0 Å². The Labute approximate surface area is 161 Å². The number of anilines is 1. The molecular weight excluding hydrogens is 364 g/mol. The van der Waals surface area contributed by atoms with Gasteiger partial charge in [-0.05, 0) is 61.4 Å². The van der Waals surface area contributed by atoms with Crippen LogP contribution in [0.15, 0.2) is 41.3 Å². The van der Waals surface area contributed by atoms with Gasteiger partial charge in [-0.15, -0.1) is 0 Å². The van der Waals surface area contributed by atoms with E-state index in [9.17, 15) is 13.2 Å². The van der Waals surface area contributed by atoms with E-state index in [-0.39, 0.29) is 10.8 Å². The number of nitrogens with zero attached hydrogens (tertiary/aromatic N) is 1. The van der Waals surface area contributed by atoms with Gasteiger partial charge in [0.25, 0.3) is 5.91 Å². The molecule has 0 spiro atoms. The maximum absolute atomic E-state index is 13.0. The second kappa shape index (κ2) is 8.54. The number of ether oxygens (including phenoxy) is 1. The van der Waals surface area contributed by atoms with Crippen LogP contribution in [-0.4, -0.2) is 38.8 Å². The van der Waals surface area contributed by atoms with Crippen LogP contribution in [0.5, 0.6) is 5.75 Å². The molecule has 0 radical (unpaired) electrons. The molecule has 1 amide bonds. The minimum absolute atomic E-state index is 0.172. The van der Waals surface area contributed by atoms with E-state index in [0.29, 0.717) is 35.7 Å². The average Bonchev–Trinajstić information content (AvgIpc) is 2.65. The Kier molecular flexibility index (Phi) is 6.62. The van der Waals surface area contributed by atoms with Crippen molar-refractivity contribution in [1.29, 1.82) is 0 Å². The Morgan fingerprint density at radius 2 is 1.67 bits per heavy atom. The van der Waals surface area contributed by atoms with Crippen LogP contribution >= 0.6 is 0 Å². The average molecular weight is 391 g/mol. The number of nitrogens with one attached hydrogen (secondary N) is 1. The fourth-order valence-electron chi connectivity index (χ4n) is 2.81. The monoisotopic (exact) mass is 390 g/mol. The molecule has 2 aromatic carbocycles. The van der Waals surface area contributed by atoms with E-state index >= 15 is 0 Å². The summed E-state index contributed by atoms with van der Waals surface area (Å²) in [6, 6.07) is 10.1. The minimum atomic E-state index is -3.66. The number of carbonyl (C=O) groups is 1. The zero-order valence-electron chi connectivity index (χ0n) is 16.4. The molecule has 0 fully saturated rings. The Hall–Kier alpha value is -2.38. The lowest BCUT2D eigenvalue weighted by Gasteiger charge is -2.21. The summed E-state index contributed by atoms with van der Waals surface area (Å²) in [6.07, 6.45) is 0. The van der Waals surface area contributed by atoms with Crippen molar-refractivity contribution in [2.24, 2.45) is 0 Å². The van der Waals surface area contributed by atoms with Gasteiger partial charge in [0.1, 0.15) is 5.75 Å². The summed E-state index contributed by atoms with van der Waals surface area (Å²) in [7, 11) is -2.09. The smallest absolute Gasteiger partial charge is 0.255 e. The van der Waals surface area contributed by atoms with Crippen molar-refractivity contribution in [3.63, 3.8) is 0 Å². The first-order valence-corrected chi connectivity index (χ1v) is 10.2. The largest absolute Gasteiger partial charge is 0.497 e. The lowest BCUT2D eigenvalue weighted by atomic mass is 10.1. The quantitative estimate of drug-likeness (QED) is 0.784. The molecule has 7 heteroatoms. The number of amides is 1. The summed E-state index contributed by atoms with van der Waals surface area (Å²) in [6.45, 7) is 7.91. The molecule has 0 atom stereocenters. The number of rotatable bonds is 7. The summed E-state index contributed by atoms with van der Waals surface area (Å²) < 4.78 is 32.4. The predicted molar refractivity (Wildman–Crippen MR) is 107 cm³/mol. The summed E-state index contributed by atoms with van der Waals surface area (Å²) >= 11 is 0. The number of aryl methyl sites for hydroxylation is 1. The predicted octanol–water partition coefficient (Wildman–Crippen LogP) is 3.59. The number of methoxy groups -OCH3 is 1. The second-order valence-electron chi connectivity index (χ2n) is 6.19. The molecule has 0 unspecified atom stereocenters. The number of benzene rings is 2. The normalized spacial score (nSPS) is 11.5. The Bertz CT molecular complexity index is 918. The van der Waals surface area contributed by atoms with Crippen molar-refractivity contribution in [3.05, 3.63) is 53.1 Å². The van der Waals surface area contributed by atoms with Gasteiger partial charge in [0, 0.05) is 24.3 Å². The zero-order chi connectivity index (χ0) is 20.2. The molecule has 0 heterocycles. The molecule has 0 aliphatic heterocycles. The molecule has 2 aromatic rings. The van der Waals surface area contributed by atoms with E-state index in [4.69, 9.17) is 4.74 Å². The van der Waals surface area contributed by atoms with Gasteiger partial charge in [-0.25, -0.2) is 8.42 Å². The first-order chi connectivity index (χ1) is 12.7. The van der Waals surface area contributed by atoms with Gasteiger partial charge in [0.05, 0.1) is 12.0 Å². The van der Waals surface area contributed by atoms with E-state index in [0.717, 1.165) is 5.56 Å². The van der Waals surface area contributed by atoms with Gasteiger partial charge in [-0.3, -0.25) is 4.79 Å². The van der Waals surface area contributed by atoms with E-state index < -0.39 is 10.0 Å². The molecule has 2 rings (SSSR count). The molecule has 0 aliphatic carbocycles. The van der Waals surface area contributed by atoms with E-state index in [1.54, 1.807) is 65.1 Å². The number of hydrogen-bond donors (Lipinski definition) is 1. The summed E-state index contributed by atoms with van der Waals surface area (Å²) in [5.74, 6) is 0.325. The van der Waals surface area contributed by atoms with Gasteiger partial charge in [-0.2, -0.15) is 4.31 Å². The third-order valence-corrected chi connectivity index (χ3v) is 6.73. The molecular formula is C20H26N2O4S. The molecule has 146 valence electrons. The lowest BCUT2D eigenvalue weighted by Crippen LogP contribution is -2.31. The van der Waals surface area contributed by atoms with Crippen molar-refractivity contribution in [2.75, 3.05) is 25.5 Å². The standard InChI is InChI=1S/C20H26N2O4S/c1-6-22(7-2)27(24,25)19-13-16(12-14(3)15(19)4)20(23)21-17-8-10-18(26-5)11-9-17/h8-13H,6-7H2,1-5H3,(H,21,23). The molecule has 27 heavy (non-hydrogen) atoms. The third-order valence-electron chi connectivity index (χ3n) is 4.55. The van der Waals surface area contributed by atoms with Crippen LogP contribution in [0, 0.1) is 13.8 Å². The number of carbonyl (C=O) groups excluding carboxylic acids is 1. The van der Waals surface area contributed by atoms with Crippen molar-refractivity contribution < 1.29 is 17.9 Å². The second-order valence-corrected chi connectivity index (χ2v) is 8.09. The zero-order valence-corrected chi connectivity index (χ0v) is 17.2. The van der Waals surface area contributed by atoms with Gasteiger partial charge in [0.15, 0.2) is 0 Å².